The second kappa shape index (κ2) is 4.95. The summed E-state index contributed by atoms with van der Waals surface area (Å²) in [4.78, 5) is 22.1. The number of rotatable bonds is 4. The topological polar surface area (TPSA) is 104 Å². The summed E-state index contributed by atoms with van der Waals surface area (Å²) in [7, 11) is 0. The van der Waals surface area contributed by atoms with Gasteiger partial charge >= 0.3 is 5.97 Å². The first kappa shape index (κ1) is 12.2. The molecule has 18 heavy (non-hydrogen) atoms. The highest BCUT2D eigenvalue weighted by Gasteiger charge is 2.21. The minimum Gasteiger partial charge on any atom is -0.478 e. The number of carboxylic acids is 1. The summed E-state index contributed by atoms with van der Waals surface area (Å²) in [6.07, 6.45) is 1.27. The summed E-state index contributed by atoms with van der Waals surface area (Å²) in [5.74, 6) is -0.999. The monoisotopic (exact) mass is 249 g/mol. The SMILES string of the molecule is Nc1cccc(C(=O)O)c1NCC1CCC(=O)N1. The van der Waals surface area contributed by atoms with Gasteiger partial charge in [-0.15, -0.1) is 0 Å². The molecule has 0 aromatic heterocycles. The van der Waals surface area contributed by atoms with Crippen molar-refractivity contribution in [2.24, 2.45) is 0 Å². The van der Waals surface area contributed by atoms with Crippen LogP contribution in [0, 0.1) is 0 Å². The zero-order valence-electron chi connectivity index (χ0n) is 9.77. The zero-order valence-corrected chi connectivity index (χ0v) is 9.77. The van der Waals surface area contributed by atoms with Gasteiger partial charge in [0.1, 0.15) is 0 Å². The minimum atomic E-state index is -1.03. The molecule has 1 aliphatic rings. The third-order valence-electron chi connectivity index (χ3n) is 2.94. The van der Waals surface area contributed by atoms with Crippen LogP contribution in [-0.4, -0.2) is 29.6 Å². The summed E-state index contributed by atoms with van der Waals surface area (Å²) in [6, 6.07) is 4.76. The number of benzene rings is 1. The van der Waals surface area contributed by atoms with Crippen molar-refractivity contribution in [3.8, 4) is 0 Å². The number of carbonyl (C=O) groups is 2. The number of nitrogens with two attached hydrogens (primary N) is 1. The molecule has 1 unspecified atom stereocenters. The van der Waals surface area contributed by atoms with Crippen LogP contribution in [0.4, 0.5) is 11.4 Å². The predicted octanol–water partition coefficient (Wildman–Crippen LogP) is 0.657. The van der Waals surface area contributed by atoms with Crippen molar-refractivity contribution in [1.82, 2.24) is 5.32 Å². The highest BCUT2D eigenvalue weighted by molar-refractivity contribution is 5.97. The first-order valence-electron chi connectivity index (χ1n) is 5.73. The summed E-state index contributed by atoms with van der Waals surface area (Å²) in [6.45, 7) is 0.472. The van der Waals surface area contributed by atoms with E-state index in [2.05, 4.69) is 10.6 Å². The van der Waals surface area contributed by atoms with Crippen molar-refractivity contribution in [1.29, 1.82) is 0 Å². The van der Waals surface area contributed by atoms with Crippen LogP contribution in [0.25, 0.3) is 0 Å². The molecule has 6 heteroatoms. The first-order valence-corrected chi connectivity index (χ1v) is 5.73. The number of hydrogen-bond acceptors (Lipinski definition) is 4. The van der Waals surface area contributed by atoms with Crippen LogP contribution < -0.4 is 16.4 Å². The van der Waals surface area contributed by atoms with E-state index in [0.29, 0.717) is 24.3 Å². The van der Waals surface area contributed by atoms with Gasteiger partial charge in [-0.2, -0.15) is 0 Å². The lowest BCUT2D eigenvalue weighted by atomic mass is 10.1. The number of nitrogens with one attached hydrogen (secondary N) is 2. The lowest BCUT2D eigenvalue weighted by Crippen LogP contribution is -2.32. The number of nitrogen functional groups attached to an aromatic ring is 1. The molecule has 0 aliphatic carbocycles. The number of para-hydroxylation sites is 1. The van der Waals surface area contributed by atoms with E-state index in [1.807, 2.05) is 0 Å². The molecule has 1 amide bonds. The molecule has 0 saturated carbocycles. The van der Waals surface area contributed by atoms with Gasteiger partial charge in [-0.1, -0.05) is 6.07 Å². The second-order valence-electron chi connectivity index (χ2n) is 4.26. The van der Waals surface area contributed by atoms with Crippen molar-refractivity contribution in [3.05, 3.63) is 23.8 Å². The molecular formula is C12H15N3O3. The number of carboxylic acid groups (broad SMARTS) is 1. The third kappa shape index (κ3) is 2.53. The van der Waals surface area contributed by atoms with E-state index in [4.69, 9.17) is 10.8 Å². The molecule has 1 atom stereocenters. The Morgan fingerprint density at radius 3 is 2.94 bits per heavy atom. The summed E-state index contributed by atoms with van der Waals surface area (Å²) < 4.78 is 0. The smallest absolute Gasteiger partial charge is 0.337 e. The molecule has 1 aromatic rings. The Hall–Kier alpha value is -2.24. The Kier molecular flexibility index (Phi) is 3.36. The van der Waals surface area contributed by atoms with E-state index >= 15 is 0 Å². The highest BCUT2D eigenvalue weighted by atomic mass is 16.4. The van der Waals surface area contributed by atoms with Crippen LogP contribution in [-0.2, 0) is 4.79 Å². The fourth-order valence-corrected chi connectivity index (χ4v) is 2.00. The van der Waals surface area contributed by atoms with E-state index in [9.17, 15) is 9.59 Å². The van der Waals surface area contributed by atoms with Gasteiger partial charge in [-0.3, -0.25) is 4.79 Å². The second-order valence-corrected chi connectivity index (χ2v) is 4.26. The maximum atomic E-state index is 11.1. The number of carbonyl (C=O) groups excluding carboxylic acids is 1. The number of aromatic carboxylic acids is 1. The van der Waals surface area contributed by atoms with Gasteiger partial charge in [-0.25, -0.2) is 4.79 Å². The molecule has 1 saturated heterocycles. The maximum Gasteiger partial charge on any atom is 0.337 e. The van der Waals surface area contributed by atoms with E-state index < -0.39 is 5.97 Å². The van der Waals surface area contributed by atoms with Crippen LogP contribution in [0.5, 0.6) is 0 Å². The molecule has 96 valence electrons. The Bertz CT molecular complexity index is 487. The molecule has 0 radical (unpaired) electrons. The quantitative estimate of drug-likeness (QED) is 0.587. The summed E-state index contributed by atoms with van der Waals surface area (Å²) >= 11 is 0. The fourth-order valence-electron chi connectivity index (χ4n) is 2.00. The highest BCUT2D eigenvalue weighted by Crippen LogP contribution is 2.23. The van der Waals surface area contributed by atoms with E-state index in [1.54, 1.807) is 12.1 Å². The average Bonchev–Trinajstić information content (AvgIpc) is 2.73. The van der Waals surface area contributed by atoms with Gasteiger partial charge in [0.05, 0.1) is 16.9 Å². The third-order valence-corrected chi connectivity index (χ3v) is 2.94. The molecule has 2 rings (SSSR count). The number of hydrogen-bond donors (Lipinski definition) is 4. The van der Waals surface area contributed by atoms with Crippen LogP contribution in [0.1, 0.15) is 23.2 Å². The van der Waals surface area contributed by atoms with Crippen LogP contribution in [0.3, 0.4) is 0 Å². The number of anilines is 2. The van der Waals surface area contributed by atoms with Gasteiger partial charge in [0.25, 0.3) is 0 Å². The minimum absolute atomic E-state index is 0.0266. The van der Waals surface area contributed by atoms with Gasteiger partial charge in [0.2, 0.25) is 5.91 Å². The van der Waals surface area contributed by atoms with Gasteiger partial charge in [-0.05, 0) is 18.6 Å². The normalized spacial score (nSPS) is 18.4. The molecule has 5 N–H and O–H groups in total. The Labute approximate surface area is 104 Å². The van der Waals surface area contributed by atoms with E-state index in [1.165, 1.54) is 6.07 Å². The lowest BCUT2D eigenvalue weighted by Gasteiger charge is -2.15. The molecule has 1 aromatic carbocycles. The van der Waals surface area contributed by atoms with Crippen molar-refractivity contribution in [2.75, 3.05) is 17.6 Å². The van der Waals surface area contributed by atoms with Gasteiger partial charge in [0, 0.05) is 19.0 Å². The lowest BCUT2D eigenvalue weighted by molar-refractivity contribution is -0.119. The zero-order chi connectivity index (χ0) is 13.1. The van der Waals surface area contributed by atoms with Crippen molar-refractivity contribution < 1.29 is 14.7 Å². The molecule has 0 spiro atoms. The van der Waals surface area contributed by atoms with Crippen molar-refractivity contribution in [3.63, 3.8) is 0 Å². The Balaban J connectivity index is 2.08. The summed E-state index contributed by atoms with van der Waals surface area (Å²) in [5.41, 5.74) is 6.69. The van der Waals surface area contributed by atoms with Crippen LogP contribution in [0.15, 0.2) is 18.2 Å². The van der Waals surface area contributed by atoms with Gasteiger partial charge in [0.15, 0.2) is 0 Å². The fraction of sp³-hybridized carbons (Fsp3) is 0.333. The van der Waals surface area contributed by atoms with Crippen LogP contribution in [0.2, 0.25) is 0 Å². The maximum absolute atomic E-state index is 11.1. The Morgan fingerprint density at radius 1 is 1.56 bits per heavy atom. The Morgan fingerprint density at radius 2 is 2.33 bits per heavy atom. The standard InChI is InChI=1S/C12H15N3O3/c13-9-3-1-2-8(12(17)18)11(9)14-6-7-4-5-10(16)15-7/h1-3,7,14H,4-6,13H2,(H,15,16)(H,17,18). The molecule has 1 heterocycles. The van der Waals surface area contributed by atoms with Gasteiger partial charge < -0.3 is 21.5 Å². The predicted molar refractivity (Wildman–Crippen MR) is 67.5 cm³/mol. The van der Waals surface area contributed by atoms with Crippen molar-refractivity contribution in [2.45, 2.75) is 18.9 Å². The summed E-state index contributed by atoms with van der Waals surface area (Å²) in [5, 5.41) is 14.9. The largest absolute Gasteiger partial charge is 0.478 e. The first-order chi connectivity index (χ1) is 8.58. The number of amides is 1. The average molecular weight is 249 g/mol. The van der Waals surface area contributed by atoms with Crippen LogP contribution >= 0.6 is 0 Å². The molecule has 0 bridgehead atoms. The van der Waals surface area contributed by atoms with E-state index in [0.717, 1.165) is 6.42 Å². The molecule has 6 nitrogen and oxygen atoms in total. The van der Waals surface area contributed by atoms with Crippen molar-refractivity contribution >= 4 is 23.3 Å². The molecule has 1 fully saturated rings. The molecule has 1 aliphatic heterocycles. The van der Waals surface area contributed by atoms with E-state index in [-0.39, 0.29) is 17.5 Å². The molecular weight excluding hydrogens is 234 g/mol.